The predicted molar refractivity (Wildman–Crippen MR) is 104 cm³/mol. The van der Waals surface area contributed by atoms with Gasteiger partial charge in [0, 0.05) is 13.1 Å². The maximum absolute atomic E-state index is 12.1. The Morgan fingerprint density at radius 2 is 1.11 bits per heavy atom. The molecule has 2 fully saturated rings. The van der Waals surface area contributed by atoms with Gasteiger partial charge in [-0.3, -0.25) is 9.80 Å². The van der Waals surface area contributed by atoms with Crippen LogP contribution in [-0.4, -0.2) is 48.3 Å². The highest BCUT2D eigenvalue weighted by molar-refractivity contribution is 5.71. The lowest BCUT2D eigenvalue weighted by Crippen LogP contribution is -2.29. The van der Waals surface area contributed by atoms with Crippen molar-refractivity contribution in [1.29, 1.82) is 0 Å². The minimum absolute atomic E-state index is 0.0906. The smallest absolute Gasteiger partial charge is 0.410 e. The van der Waals surface area contributed by atoms with Gasteiger partial charge in [-0.25, -0.2) is 9.59 Å². The zero-order chi connectivity index (χ0) is 19.3. The Bertz CT molecular complexity index is 782. The van der Waals surface area contributed by atoms with Crippen molar-refractivity contribution >= 4 is 12.2 Å². The van der Waals surface area contributed by atoms with Crippen molar-refractivity contribution in [3.8, 4) is 0 Å². The van der Waals surface area contributed by atoms with E-state index in [1.54, 1.807) is 9.80 Å². The zero-order valence-corrected chi connectivity index (χ0v) is 15.4. The molecular weight excluding hydrogens is 356 g/mol. The van der Waals surface area contributed by atoms with Crippen molar-refractivity contribution in [3.63, 3.8) is 0 Å². The van der Waals surface area contributed by atoms with E-state index in [1.807, 2.05) is 72.8 Å². The molecule has 6 nitrogen and oxygen atoms in total. The normalized spacial score (nSPS) is 22.0. The van der Waals surface area contributed by atoms with Crippen LogP contribution in [-0.2, 0) is 9.47 Å². The molecule has 2 aromatic rings. The van der Waals surface area contributed by atoms with E-state index in [9.17, 15) is 9.59 Å². The number of rotatable bonds is 6. The molecule has 0 N–H and O–H groups in total. The number of carbonyl (C=O) groups is 2. The van der Waals surface area contributed by atoms with Gasteiger partial charge in [0.05, 0.1) is 12.1 Å². The number of hydrogen-bond acceptors (Lipinski definition) is 4. The standard InChI is InChI=1S/C22H22N2O4/c25-21-23(19(15-27-21)17-9-3-1-4-10-17)13-7-8-14-24-20(16-28-22(24)26)18-11-5-2-6-12-18/h1-12,19-20H,13-16H2/b8-7+. The lowest BCUT2D eigenvalue weighted by atomic mass is 10.1. The molecule has 2 amide bonds. The maximum Gasteiger partial charge on any atom is 0.410 e. The van der Waals surface area contributed by atoms with Gasteiger partial charge < -0.3 is 9.47 Å². The first-order valence-corrected chi connectivity index (χ1v) is 9.35. The maximum atomic E-state index is 12.1. The Labute approximate surface area is 164 Å². The Morgan fingerprint density at radius 3 is 1.50 bits per heavy atom. The minimum Gasteiger partial charge on any atom is -0.447 e. The molecule has 2 aliphatic heterocycles. The summed E-state index contributed by atoms with van der Waals surface area (Å²) in [6.45, 7) is 1.56. The quantitative estimate of drug-likeness (QED) is 0.715. The molecule has 0 aromatic heterocycles. The molecule has 0 aliphatic carbocycles. The first kappa shape index (κ1) is 18.1. The number of amides is 2. The third-order valence-corrected chi connectivity index (χ3v) is 5.09. The number of ether oxygens (including phenoxy) is 2. The second-order valence-corrected chi connectivity index (χ2v) is 6.78. The largest absolute Gasteiger partial charge is 0.447 e. The summed E-state index contributed by atoms with van der Waals surface area (Å²) in [5.74, 6) is 0. The molecule has 0 spiro atoms. The fourth-order valence-corrected chi connectivity index (χ4v) is 3.58. The average molecular weight is 378 g/mol. The molecule has 4 rings (SSSR count). The van der Waals surface area contributed by atoms with Crippen LogP contribution in [0, 0.1) is 0 Å². The monoisotopic (exact) mass is 378 g/mol. The van der Waals surface area contributed by atoms with Gasteiger partial charge in [0.1, 0.15) is 13.2 Å². The Balaban J connectivity index is 1.39. The van der Waals surface area contributed by atoms with E-state index < -0.39 is 0 Å². The van der Waals surface area contributed by atoms with E-state index in [1.165, 1.54) is 0 Å². The van der Waals surface area contributed by atoms with Gasteiger partial charge >= 0.3 is 12.2 Å². The van der Waals surface area contributed by atoms with Gasteiger partial charge in [0.15, 0.2) is 0 Å². The molecule has 2 heterocycles. The molecule has 2 aromatic carbocycles. The van der Waals surface area contributed by atoms with Gasteiger partial charge in [-0.05, 0) is 11.1 Å². The molecule has 2 aliphatic rings. The third kappa shape index (κ3) is 3.71. The van der Waals surface area contributed by atoms with Gasteiger partial charge in [0.2, 0.25) is 0 Å². The molecule has 2 saturated heterocycles. The van der Waals surface area contributed by atoms with Crippen LogP contribution < -0.4 is 0 Å². The van der Waals surface area contributed by atoms with Gasteiger partial charge in [-0.15, -0.1) is 0 Å². The van der Waals surface area contributed by atoms with E-state index in [4.69, 9.17) is 9.47 Å². The van der Waals surface area contributed by atoms with Crippen molar-refractivity contribution < 1.29 is 19.1 Å². The first-order valence-electron chi connectivity index (χ1n) is 9.35. The minimum atomic E-state index is -0.318. The summed E-state index contributed by atoms with van der Waals surface area (Å²) < 4.78 is 10.4. The van der Waals surface area contributed by atoms with E-state index in [-0.39, 0.29) is 24.3 Å². The summed E-state index contributed by atoms with van der Waals surface area (Å²) in [5.41, 5.74) is 2.10. The van der Waals surface area contributed by atoms with E-state index in [0.29, 0.717) is 26.3 Å². The SMILES string of the molecule is O=C1OCC(c2ccccc2)N1C/C=C/CN1C(=O)OCC1c1ccccc1. The molecule has 0 saturated carbocycles. The van der Waals surface area contributed by atoms with Gasteiger partial charge in [-0.1, -0.05) is 72.8 Å². The fraction of sp³-hybridized carbons (Fsp3) is 0.273. The van der Waals surface area contributed by atoms with Crippen LogP contribution in [0.4, 0.5) is 9.59 Å². The van der Waals surface area contributed by atoms with Crippen molar-refractivity contribution in [2.24, 2.45) is 0 Å². The van der Waals surface area contributed by atoms with Crippen LogP contribution in [0.1, 0.15) is 23.2 Å². The number of hydrogen-bond donors (Lipinski definition) is 0. The second-order valence-electron chi connectivity index (χ2n) is 6.78. The van der Waals surface area contributed by atoms with Crippen molar-refractivity contribution in [1.82, 2.24) is 9.80 Å². The molecule has 2 atom stereocenters. The van der Waals surface area contributed by atoms with Crippen LogP contribution in [0.3, 0.4) is 0 Å². The highest BCUT2D eigenvalue weighted by atomic mass is 16.6. The van der Waals surface area contributed by atoms with Crippen LogP contribution >= 0.6 is 0 Å². The predicted octanol–water partition coefficient (Wildman–Crippen LogP) is 3.93. The summed E-state index contributed by atoms with van der Waals surface area (Å²) in [5, 5.41) is 0. The lowest BCUT2D eigenvalue weighted by molar-refractivity contribution is 0.159. The van der Waals surface area contributed by atoms with Crippen LogP contribution in [0.15, 0.2) is 72.8 Å². The number of benzene rings is 2. The van der Waals surface area contributed by atoms with Crippen LogP contribution in [0.2, 0.25) is 0 Å². The summed E-state index contributed by atoms with van der Waals surface area (Å²) in [4.78, 5) is 27.6. The Hall–Kier alpha value is -3.28. The zero-order valence-electron chi connectivity index (χ0n) is 15.4. The average Bonchev–Trinajstić information content (AvgIpc) is 3.29. The highest BCUT2D eigenvalue weighted by Gasteiger charge is 2.34. The topological polar surface area (TPSA) is 59.1 Å². The van der Waals surface area contributed by atoms with Crippen molar-refractivity contribution in [2.75, 3.05) is 26.3 Å². The molecule has 28 heavy (non-hydrogen) atoms. The Kier molecular flexibility index (Phi) is 5.28. The molecule has 0 radical (unpaired) electrons. The van der Waals surface area contributed by atoms with E-state index >= 15 is 0 Å². The number of carbonyl (C=O) groups excluding carboxylic acids is 2. The van der Waals surface area contributed by atoms with E-state index in [2.05, 4.69) is 0 Å². The summed E-state index contributed by atoms with van der Waals surface area (Å²) in [7, 11) is 0. The molecular formula is C22H22N2O4. The molecule has 0 bridgehead atoms. The summed E-state index contributed by atoms with van der Waals surface area (Å²) in [6.07, 6.45) is 3.16. The van der Waals surface area contributed by atoms with Crippen LogP contribution in [0.5, 0.6) is 0 Å². The summed E-state index contributed by atoms with van der Waals surface area (Å²) >= 11 is 0. The number of nitrogens with zero attached hydrogens (tertiary/aromatic N) is 2. The van der Waals surface area contributed by atoms with Crippen molar-refractivity contribution in [2.45, 2.75) is 12.1 Å². The molecule has 2 unspecified atom stereocenters. The van der Waals surface area contributed by atoms with Crippen LogP contribution in [0.25, 0.3) is 0 Å². The molecule has 144 valence electrons. The Morgan fingerprint density at radius 1 is 0.714 bits per heavy atom. The van der Waals surface area contributed by atoms with Gasteiger partial charge in [-0.2, -0.15) is 0 Å². The fourth-order valence-electron chi connectivity index (χ4n) is 3.58. The highest BCUT2D eigenvalue weighted by Crippen LogP contribution is 2.28. The lowest BCUT2D eigenvalue weighted by Gasteiger charge is -2.21. The summed E-state index contributed by atoms with van der Waals surface area (Å²) in [6, 6.07) is 19.5. The van der Waals surface area contributed by atoms with E-state index in [0.717, 1.165) is 11.1 Å². The second kappa shape index (κ2) is 8.17. The third-order valence-electron chi connectivity index (χ3n) is 5.09. The number of cyclic esters (lactones) is 2. The molecule has 6 heteroatoms. The first-order chi connectivity index (χ1) is 13.7. The van der Waals surface area contributed by atoms with Gasteiger partial charge in [0.25, 0.3) is 0 Å². The van der Waals surface area contributed by atoms with Crippen molar-refractivity contribution in [3.05, 3.63) is 83.9 Å².